The summed E-state index contributed by atoms with van der Waals surface area (Å²) in [5, 5.41) is 24.8. The Morgan fingerprint density at radius 2 is 2.23 bits per heavy atom. The molecule has 4 rings (SSSR count). The van der Waals surface area contributed by atoms with Gasteiger partial charge in [0.15, 0.2) is 5.69 Å². The van der Waals surface area contributed by atoms with Crippen molar-refractivity contribution < 1.29 is 14.6 Å². The largest absolute Gasteiger partial charge is 0.490 e. The Morgan fingerprint density at radius 1 is 1.35 bits per heavy atom. The van der Waals surface area contributed by atoms with E-state index in [1.165, 1.54) is 0 Å². The minimum absolute atomic E-state index is 0.0468. The maximum absolute atomic E-state index is 11.0. The lowest BCUT2D eigenvalue weighted by Crippen LogP contribution is -2.17. The van der Waals surface area contributed by atoms with Crippen LogP contribution in [0.4, 0.5) is 5.69 Å². The number of nitrogens with zero attached hydrogens (tertiary/aromatic N) is 5. The molecule has 0 fully saturated rings. The van der Waals surface area contributed by atoms with Gasteiger partial charge in [-0.25, -0.2) is 4.79 Å². The highest BCUT2D eigenvalue weighted by molar-refractivity contribution is 5.85. The highest BCUT2D eigenvalue weighted by Crippen LogP contribution is 2.31. The molecule has 1 aromatic carbocycles. The van der Waals surface area contributed by atoms with E-state index in [1.807, 2.05) is 31.3 Å². The van der Waals surface area contributed by atoms with E-state index in [-0.39, 0.29) is 5.69 Å². The van der Waals surface area contributed by atoms with Crippen LogP contribution in [0.2, 0.25) is 0 Å². The lowest BCUT2D eigenvalue weighted by atomic mass is 10.1. The minimum Gasteiger partial charge on any atom is -0.490 e. The highest BCUT2D eigenvalue weighted by atomic mass is 16.5. The fourth-order valence-electron chi connectivity index (χ4n) is 2.88. The number of anilines is 1. The Bertz CT molecular complexity index is 961. The van der Waals surface area contributed by atoms with Gasteiger partial charge in [-0.1, -0.05) is 5.21 Å². The van der Waals surface area contributed by atoms with Gasteiger partial charge in [0.2, 0.25) is 0 Å². The van der Waals surface area contributed by atoms with E-state index in [1.54, 1.807) is 15.4 Å². The number of benzene rings is 1. The molecule has 0 atom stereocenters. The smallest absolute Gasteiger partial charge is 0.356 e. The summed E-state index contributed by atoms with van der Waals surface area (Å²) in [7, 11) is 0. The molecule has 1 aliphatic heterocycles. The molecule has 3 aromatic rings. The lowest BCUT2D eigenvalue weighted by Gasteiger charge is -2.19. The molecule has 0 saturated heterocycles. The van der Waals surface area contributed by atoms with Crippen molar-refractivity contribution in [1.82, 2.24) is 24.8 Å². The third kappa shape index (κ3) is 3.10. The van der Waals surface area contributed by atoms with Crippen molar-refractivity contribution in [2.24, 2.45) is 0 Å². The van der Waals surface area contributed by atoms with Crippen LogP contribution in [-0.4, -0.2) is 49.0 Å². The fraction of sp³-hybridized carbons (Fsp3) is 0.294. The normalized spacial score (nSPS) is 13.0. The average molecular weight is 354 g/mol. The maximum atomic E-state index is 11.0. The number of rotatable bonds is 5. The molecule has 1 aliphatic rings. The number of hydrogen-bond donors (Lipinski definition) is 2. The van der Waals surface area contributed by atoms with Crippen LogP contribution in [0.15, 0.2) is 30.5 Å². The van der Waals surface area contributed by atoms with Gasteiger partial charge in [-0.15, -0.1) is 5.10 Å². The van der Waals surface area contributed by atoms with Gasteiger partial charge in [0.05, 0.1) is 25.0 Å². The third-order valence-electron chi connectivity index (χ3n) is 4.23. The summed E-state index contributed by atoms with van der Waals surface area (Å²) in [6.45, 7) is 4.33. The summed E-state index contributed by atoms with van der Waals surface area (Å²) in [4.78, 5) is 11.0. The second-order valence-electron chi connectivity index (χ2n) is 6.05. The lowest BCUT2D eigenvalue weighted by molar-refractivity contribution is 0.0689. The molecule has 0 radical (unpaired) electrons. The molecule has 0 spiro atoms. The van der Waals surface area contributed by atoms with Gasteiger partial charge in [-0.05, 0) is 31.2 Å². The second-order valence-corrected chi connectivity index (χ2v) is 6.05. The van der Waals surface area contributed by atoms with Gasteiger partial charge in [0, 0.05) is 17.8 Å². The number of fused-ring (bicyclic) bond motifs is 1. The number of carboxylic acid groups (broad SMARTS) is 1. The van der Waals surface area contributed by atoms with E-state index in [4.69, 9.17) is 9.84 Å². The highest BCUT2D eigenvalue weighted by Gasteiger charge is 2.13. The SMILES string of the molecule is Cc1cc(C(=O)O)nn1CCn1cc(-c2ccc3c(c2)NCCO3)nn1. The summed E-state index contributed by atoms with van der Waals surface area (Å²) in [6.07, 6.45) is 1.86. The van der Waals surface area contributed by atoms with Gasteiger partial charge < -0.3 is 15.2 Å². The molecule has 0 amide bonds. The molecule has 9 nitrogen and oxygen atoms in total. The Kier molecular flexibility index (Phi) is 4.04. The van der Waals surface area contributed by atoms with E-state index >= 15 is 0 Å². The van der Waals surface area contributed by atoms with Crippen molar-refractivity contribution in [3.63, 3.8) is 0 Å². The molecule has 0 saturated carbocycles. The van der Waals surface area contributed by atoms with Gasteiger partial charge in [0.25, 0.3) is 0 Å². The number of carboxylic acids is 1. The zero-order chi connectivity index (χ0) is 18.1. The molecule has 0 bridgehead atoms. The van der Waals surface area contributed by atoms with Crippen molar-refractivity contribution in [3.05, 3.63) is 41.9 Å². The van der Waals surface area contributed by atoms with Crippen molar-refractivity contribution in [1.29, 1.82) is 0 Å². The topological polar surface area (TPSA) is 107 Å². The van der Waals surface area contributed by atoms with Crippen molar-refractivity contribution in [2.45, 2.75) is 20.0 Å². The summed E-state index contributed by atoms with van der Waals surface area (Å²) in [6, 6.07) is 7.43. The number of ether oxygens (including phenoxy) is 1. The van der Waals surface area contributed by atoms with Crippen molar-refractivity contribution >= 4 is 11.7 Å². The Morgan fingerprint density at radius 3 is 3.04 bits per heavy atom. The van der Waals surface area contributed by atoms with Crippen LogP contribution in [-0.2, 0) is 13.1 Å². The molecule has 26 heavy (non-hydrogen) atoms. The first-order valence-corrected chi connectivity index (χ1v) is 8.29. The number of nitrogens with one attached hydrogen (secondary N) is 1. The number of aryl methyl sites for hydroxylation is 3. The summed E-state index contributed by atoms with van der Waals surface area (Å²) in [5.41, 5.74) is 3.52. The van der Waals surface area contributed by atoms with Gasteiger partial charge in [0.1, 0.15) is 18.1 Å². The standard InChI is InChI=1S/C17H18N6O3/c1-11-8-14(17(24)25)20-23(11)6-5-22-10-15(19-21-22)12-2-3-16-13(9-12)18-4-7-26-16/h2-3,8-10,18H,4-7H2,1H3,(H,24,25). The van der Waals surface area contributed by atoms with E-state index in [0.717, 1.165) is 34.9 Å². The fourth-order valence-corrected chi connectivity index (χ4v) is 2.88. The Labute approximate surface area is 149 Å². The van der Waals surface area contributed by atoms with Crippen LogP contribution in [0.1, 0.15) is 16.2 Å². The molecule has 3 heterocycles. The minimum atomic E-state index is -1.03. The zero-order valence-electron chi connectivity index (χ0n) is 14.2. The first-order valence-electron chi connectivity index (χ1n) is 8.29. The third-order valence-corrected chi connectivity index (χ3v) is 4.23. The van der Waals surface area contributed by atoms with Crippen LogP contribution < -0.4 is 10.1 Å². The van der Waals surface area contributed by atoms with E-state index < -0.39 is 5.97 Å². The molecular weight excluding hydrogens is 336 g/mol. The quantitative estimate of drug-likeness (QED) is 0.717. The van der Waals surface area contributed by atoms with Crippen molar-refractivity contribution in [2.75, 3.05) is 18.5 Å². The molecule has 0 aliphatic carbocycles. The Balaban J connectivity index is 1.47. The predicted octanol–water partition coefficient (Wildman–Crippen LogP) is 1.65. The van der Waals surface area contributed by atoms with Gasteiger partial charge >= 0.3 is 5.97 Å². The van der Waals surface area contributed by atoms with Crippen molar-refractivity contribution in [3.8, 4) is 17.0 Å². The number of carbonyl (C=O) groups is 1. The molecule has 2 aromatic heterocycles. The number of aromatic nitrogens is 5. The first-order chi connectivity index (χ1) is 12.6. The number of aromatic carboxylic acids is 1. The van der Waals surface area contributed by atoms with E-state index in [9.17, 15) is 4.79 Å². The van der Waals surface area contributed by atoms with Crippen LogP contribution in [0.5, 0.6) is 5.75 Å². The molecule has 2 N–H and O–H groups in total. The summed E-state index contributed by atoms with van der Waals surface area (Å²) in [5.74, 6) is -0.185. The van der Waals surface area contributed by atoms with Gasteiger partial charge in [-0.3, -0.25) is 9.36 Å². The van der Waals surface area contributed by atoms with Crippen LogP contribution in [0.3, 0.4) is 0 Å². The summed E-state index contributed by atoms with van der Waals surface area (Å²) < 4.78 is 8.96. The molecule has 0 unspecified atom stereocenters. The van der Waals surface area contributed by atoms with Gasteiger partial charge in [-0.2, -0.15) is 5.10 Å². The van der Waals surface area contributed by atoms with Crippen LogP contribution in [0, 0.1) is 6.92 Å². The molecule has 134 valence electrons. The monoisotopic (exact) mass is 354 g/mol. The summed E-state index contributed by atoms with van der Waals surface area (Å²) >= 11 is 0. The molecular formula is C17H18N6O3. The second kappa shape index (κ2) is 6.51. The zero-order valence-corrected chi connectivity index (χ0v) is 14.2. The average Bonchev–Trinajstić information content (AvgIpc) is 3.26. The predicted molar refractivity (Wildman–Crippen MR) is 93.4 cm³/mol. The van der Waals surface area contributed by atoms with E-state index in [2.05, 4.69) is 20.7 Å². The van der Waals surface area contributed by atoms with Crippen LogP contribution in [0.25, 0.3) is 11.3 Å². The Hall–Kier alpha value is -3.36. The number of hydrogen-bond acceptors (Lipinski definition) is 6. The van der Waals surface area contributed by atoms with Crippen LogP contribution >= 0.6 is 0 Å². The van der Waals surface area contributed by atoms with E-state index in [0.29, 0.717) is 19.7 Å². The maximum Gasteiger partial charge on any atom is 0.356 e. The first kappa shape index (κ1) is 16.1. The molecule has 9 heteroatoms.